The van der Waals surface area contributed by atoms with Gasteiger partial charge in [0.25, 0.3) is 0 Å². The number of halogens is 4. The molecule has 7 heteroatoms. The fraction of sp³-hybridized carbons (Fsp3) is 0.455. The molecule has 100 valence electrons. The molecule has 1 aromatic carbocycles. The van der Waals surface area contributed by atoms with Crippen LogP contribution in [0.3, 0.4) is 0 Å². The molecule has 0 unspecified atom stereocenters. The molecule has 0 radical (unpaired) electrons. The number of fused-ring (bicyclic) bond motifs is 1. The lowest BCUT2D eigenvalue weighted by Gasteiger charge is -2.31. The monoisotopic (exact) mass is 266 g/mol. The summed E-state index contributed by atoms with van der Waals surface area (Å²) in [5, 5.41) is 8.64. The van der Waals surface area contributed by atoms with Crippen LogP contribution in [0.25, 0.3) is 0 Å². The average Bonchev–Trinajstić information content (AvgIpc) is 2.27. The van der Waals surface area contributed by atoms with Crippen molar-refractivity contribution in [3.05, 3.63) is 23.8 Å². The Bertz CT molecular complexity index is 448. The first-order valence-electron chi connectivity index (χ1n) is 5.23. The number of aliphatic hydroxyl groups excluding tert-OH is 1. The highest BCUT2D eigenvalue weighted by molar-refractivity contribution is 5.44. The Morgan fingerprint density at radius 3 is 2.22 bits per heavy atom. The summed E-state index contributed by atoms with van der Waals surface area (Å²) in [5.74, 6) is -0.861. The first kappa shape index (κ1) is 12.9. The quantitative estimate of drug-likeness (QED) is 0.854. The molecular formula is C11H10F4O3. The van der Waals surface area contributed by atoms with Gasteiger partial charge in [0.1, 0.15) is 0 Å². The van der Waals surface area contributed by atoms with E-state index in [0.29, 0.717) is 18.4 Å². The van der Waals surface area contributed by atoms with Crippen molar-refractivity contribution in [3.63, 3.8) is 0 Å². The summed E-state index contributed by atoms with van der Waals surface area (Å²) >= 11 is 0. The van der Waals surface area contributed by atoms with Crippen LogP contribution in [0.1, 0.15) is 12.0 Å². The van der Waals surface area contributed by atoms with Crippen molar-refractivity contribution in [2.75, 3.05) is 6.61 Å². The van der Waals surface area contributed by atoms with Crippen LogP contribution in [-0.2, 0) is 6.42 Å². The van der Waals surface area contributed by atoms with Crippen molar-refractivity contribution in [3.8, 4) is 11.5 Å². The van der Waals surface area contributed by atoms with Gasteiger partial charge in [0.15, 0.2) is 11.5 Å². The molecule has 1 aliphatic rings. The van der Waals surface area contributed by atoms with Gasteiger partial charge in [-0.15, -0.1) is 0 Å². The number of ether oxygens (including phenoxy) is 2. The number of aryl methyl sites for hydroxylation is 1. The number of rotatable bonds is 3. The highest BCUT2D eigenvalue weighted by Crippen LogP contribution is 2.47. The normalized spacial score (nSPS) is 19.6. The van der Waals surface area contributed by atoms with E-state index in [9.17, 15) is 17.6 Å². The van der Waals surface area contributed by atoms with Crippen LogP contribution in [0, 0.1) is 0 Å². The number of aliphatic hydroxyl groups is 1. The van der Waals surface area contributed by atoms with Gasteiger partial charge in [-0.05, 0) is 30.5 Å². The van der Waals surface area contributed by atoms with E-state index in [1.54, 1.807) is 0 Å². The SMILES string of the molecule is OCCCc1ccc2c(c1)OC(F)(F)C(F)(F)O2. The van der Waals surface area contributed by atoms with Crippen LogP contribution in [-0.4, -0.2) is 23.9 Å². The molecule has 0 fully saturated rings. The highest BCUT2D eigenvalue weighted by Gasteiger charge is 2.65. The number of alkyl halides is 4. The zero-order valence-corrected chi connectivity index (χ0v) is 9.13. The van der Waals surface area contributed by atoms with Crippen LogP contribution in [0.4, 0.5) is 17.6 Å². The van der Waals surface area contributed by atoms with Crippen molar-refractivity contribution in [2.24, 2.45) is 0 Å². The first-order valence-corrected chi connectivity index (χ1v) is 5.23. The Labute approximate surface area is 99.9 Å². The van der Waals surface area contributed by atoms with Crippen molar-refractivity contribution < 1.29 is 32.1 Å². The van der Waals surface area contributed by atoms with E-state index in [1.165, 1.54) is 12.1 Å². The van der Waals surface area contributed by atoms with Gasteiger partial charge in [0, 0.05) is 6.61 Å². The van der Waals surface area contributed by atoms with E-state index in [4.69, 9.17) is 5.11 Å². The number of hydrogen-bond donors (Lipinski definition) is 1. The molecule has 1 N–H and O–H groups in total. The maximum atomic E-state index is 12.9. The average molecular weight is 266 g/mol. The van der Waals surface area contributed by atoms with Gasteiger partial charge < -0.3 is 14.6 Å². The van der Waals surface area contributed by atoms with E-state index in [0.717, 1.165) is 6.07 Å². The highest BCUT2D eigenvalue weighted by atomic mass is 19.3. The predicted molar refractivity (Wildman–Crippen MR) is 53.0 cm³/mol. The van der Waals surface area contributed by atoms with Crippen molar-refractivity contribution in [1.29, 1.82) is 0 Å². The summed E-state index contributed by atoms with van der Waals surface area (Å²) in [6.07, 6.45) is -8.52. The molecule has 0 atom stereocenters. The fourth-order valence-corrected chi connectivity index (χ4v) is 1.55. The molecular weight excluding hydrogens is 256 g/mol. The largest absolute Gasteiger partial charge is 0.507 e. The molecule has 0 aromatic heterocycles. The molecule has 0 saturated carbocycles. The Kier molecular flexibility index (Phi) is 3.10. The maximum Gasteiger partial charge on any atom is 0.507 e. The summed E-state index contributed by atoms with van der Waals surface area (Å²) in [6.45, 7) is -0.0529. The molecule has 0 amide bonds. The summed E-state index contributed by atoms with van der Waals surface area (Å²) in [4.78, 5) is 0. The molecule has 1 aliphatic heterocycles. The van der Waals surface area contributed by atoms with Crippen LogP contribution < -0.4 is 9.47 Å². The van der Waals surface area contributed by atoms with E-state index in [2.05, 4.69) is 9.47 Å². The van der Waals surface area contributed by atoms with Gasteiger partial charge in [-0.1, -0.05) is 6.07 Å². The van der Waals surface area contributed by atoms with Crippen molar-refractivity contribution >= 4 is 0 Å². The molecule has 0 aliphatic carbocycles. The Hall–Kier alpha value is -1.50. The number of hydrogen-bond acceptors (Lipinski definition) is 3. The van der Waals surface area contributed by atoms with E-state index in [1.807, 2.05) is 0 Å². The molecule has 18 heavy (non-hydrogen) atoms. The minimum absolute atomic E-state index is 0.0529. The Morgan fingerprint density at radius 1 is 1.00 bits per heavy atom. The Balaban J connectivity index is 2.27. The molecule has 1 heterocycles. The van der Waals surface area contributed by atoms with E-state index in [-0.39, 0.29) is 6.61 Å². The minimum Gasteiger partial charge on any atom is -0.421 e. The minimum atomic E-state index is -4.70. The Morgan fingerprint density at radius 2 is 1.61 bits per heavy atom. The van der Waals surface area contributed by atoms with Gasteiger partial charge in [-0.3, -0.25) is 0 Å². The van der Waals surface area contributed by atoms with Crippen LogP contribution >= 0.6 is 0 Å². The zero-order chi connectivity index (χ0) is 13.4. The van der Waals surface area contributed by atoms with Crippen LogP contribution in [0.15, 0.2) is 18.2 Å². The van der Waals surface area contributed by atoms with Gasteiger partial charge >= 0.3 is 12.2 Å². The van der Waals surface area contributed by atoms with Gasteiger partial charge in [-0.2, -0.15) is 17.6 Å². The molecule has 1 aromatic rings. The third kappa shape index (κ3) is 2.22. The summed E-state index contributed by atoms with van der Waals surface area (Å²) in [7, 11) is 0. The van der Waals surface area contributed by atoms with Gasteiger partial charge in [-0.25, -0.2) is 0 Å². The van der Waals surface area contributed by atoms with Gasteiger partial charge in [0.05, 0.1) is 0 Å². The predicted octanol–water partition coefficient (Wildman–Crippen LogP) is 2.57. The number of benzene rings is 1. The van der Waals surface area contributed by atoms with E-state index < -0.39 is 23.7 Å². The van der Waals surface area contributed by atoms with Crippen LogP contribution in [0.2, 0.25) is 0 Å². The topological polar surface area (TPSA) is 38.7 Å². The summed E-state index contributed by atoms with van der Waals surface area (Å²) in [5.41, 5.74) is 0.590. The van der Waals surface area contributed by atoms with Crippen molar-refractivity contribution in [1.82, 2.24) is 0 Å². The lowest BCUT2D eigenvalue weighted by Crippen LogP contribution is -2.52. The fourth-order valence-electron chi connectivity index (χ4n) is 1.55. The second kappa shape index (κ2) is 4.31. The molecule has 2 rings (SSSR count). The molecule has 0 saturated heterocycles. The molecule has 0 spiro atoms. The standard InChI is InChI=1S/C11H10F4O3/c12-10(13)11(14,15)18-9-6-7(2-1-5-16)3-4-8(9)17-10/h3-4,6,16H,1-2,5H2. The molecule has 3 nitrogen and oxygen atoms in total. The van der Waals surface area contributed by atoms with E-state index >= 15 is 0 Å². The summed E-state index contributed by atoms with van der Waals surface area (Å²) < 4.78 is 59.4. The first-order chi connectivity index (χ1) is 8.36. The second-order valence-electron chi connectivity index (χ2n) is 3.85. The maximum absolute atomic E-state index is 12.9. The molecule has 0 bridgehead atoms. The lowest BCUT2D eigenvalue weighted by molar-refractivity contribution is -0.391. The summed E-state index contributed by atoms with van der Waals surface area (Å²) in [6, 6.07) is 3.80. The third-order valence-electron chi connectivity index (χ3n) is 2.45. The van der Waals surface area contributed by atoms with Gasteiger partial charge in [0.2, 0.25) is 0 Å². The smallest absolute Gasteiger partial charge is 0.421 e. The van der Waals surface area contributed by atoms with Crippen molar-refractivity contribution in [2.45, 2.75) is 25.1 Å². The zero-order valence-electron chi connectivity index (χ0n) is 9.13. The lowest BCUT2D eigenvalue weighted by atomic mass is 10.1. The van der Waals surface area contributed by atoms with Crippen LogP contribution in [0.5, 0.6) is 11.5 Å². The third-order valence-corrected chi connectivity index (χ3v) is 2.45. The second-order valence-corrected chi connectivity index (χ2v) is 3.85.